The van der Waals surface area contributed by atoms with E-state index < -0.39 is 11.8 Å². The van der Waals surface area contributed by atoms with Crippen LogP contribution in [0.25, 0.3) is 0 Å². The minimum atomic E-state index is -0.715. The average Bonchev–Trinajstić information content (AvgIpc) is 2.76. The lowest BCUT2D eigenvalue weighted by molar-refractivity contribution is -0.147. The highest BCUT2D eigenvalue weighted by Crippen LogP contribution is 2.24. The second-order valence-corrected chi connectivity index (χ2v) is 4.76. The fraction of sp³-hybridized carbons (Fsp3) is 0.818. The summed E-state index contributed by atoms with van der Waals surface area (Å²) in [5, 5.41) is 0. The Morgan fingerprint density at radius 3 is 2.38 bits per heavy atom. The molecule has 0 heterocycles. The lowest BCUT2D eigenvalue weighted by atomic mass is 10.1. The molecule has 92 valence electrons. The molecule has 1 aliphatic carbocycles. The van der Waals surface area contributed by atoms with Crippen LogP contribution in [0.1, 0.15) is 39.5 Å². The van der Waals surface area contributed by atoms with Gasteiger partial charge in [-0.15, -0.1) is 0 Å². The fourth-order valence-electron chi connectivity index (χ4n) is 2.20. The quantitative estimate of drug-likeness (QED) is 0.317. The lowest BCUT2D eigenvalue weighted by Crippen LogP contribution is -2.50. The van der Waals surface area contributed by atoms with E-state index in [4.69, 9.17) is 5.84 Å². The van der Waals surface area contributed by atoms with Crippen molar-refractivity contribution in [2.24, 2.45) is 11.8 Å². The fourth-order valence-corrected chi connectivity index (χ4v) is 2.20. The Balaban J connectivity index is 2.69. The van der Waals surface area contributed by atoms with Gasteiger partial charge in [-0.25, -0.2) is 5.84 Å². The third kappa shape index (κ3) is 3.20. The standard InChI is InChI=1S/C11H21N3O2/c1-8(2)7-14(9-5-3-4-6-9)11(16)10(15)13-12/h8-9H,3-7,12H2,1-2H3,(H,13,15). The predicted octanol–water partition coefficient (Wildman–Crippen LogP) is 0.404. The van der Waals surface area contributed by atoms with Crippen molar-refractivity contribution in [2.45, 2.75) is 45.6 Å². The Kier molecular flexibility index (Phi) is 4.73. The van der Waals surface area contributed by atoms with Crippen LogP contribution in [0.3, 0.4) is 0 Å². The van der Waals surface area contributed by atoms with Gasteiger partial charge in [-0.3, -0.25) is 15.0 Å². The minimum absolute atomic E-state index is 0.215. The van der Waals surface area contributed by atoms with Crippen LogP contribution >= 0.6 is 0 Å². The number of nitrogens with two attached hydrogens (primary N) is 1. The zero-order chi connectivity index (χ0) is 12.1. The largest absolute Gasteiger partial charge is 0.331 e. The van der Waals surface area contributed by atoms with Gasteiger partial charge < -0.3 is 4.90 Å². The zero-order valence-corrected chi connectivity index (χ0v) is 10.0. The maximum Gasteiger partial charge on any atom is 0.323 e. The predicted molar refractivity (Wildman–Crippen MR) is 61.1 cm³/mol. The maximum absolute atomic E-state index is 11.8. The molecule has 0 unspecified atom stereocenters. The molecule has 5 nitrogen and oxygen atoms in total. The molecule has 0 spiro atoms. The van der Waals surface area contributed by atoms with Crippen LogP contribution in [0.2, 0.25) is 0 Å². The third-order valence-corrected chi connectivity index (χ3v) is 2.91. The third-order valence-electron chi connectivity index (χ3n) is 2.91. The van der Waals surface area contributed by atoms with E-state index in [0.717, 1.165) is 25.7 Å². The summed E-state index contributed by atoms with van der Waals surface area (Å²) in [5.74, 6) is 4.14. The Labute approximate surface area is 96.3 Å². The smallest absolute Gasteiger partial charge is 0.323 e. The van der Waals surface area contributed by atoms with Gasteiger partial charge in [0.15, 0.2) is 0 Å². The first-order chi connectivity index (χ1) is 7.56. The van der Waals surface area contributed by atoms with Crippen molar-refractivity contribution in [3.05, 3.63) is 0 Å². The number of hydrogen-bond donors (Lipinski definition) is 2. The molecule has 0 atom stereocenters. The number of rotatable bonds is 3. The van der Waals surface area contributed by atoms with Gasteiger partial charge in [-0.05, 0) is 18.8 Å². The molecule has 1 rings (SSSR count). The Morgan fingerprint density at radius 1 is 1.38 bits per heavy atom. The number of hydrogen-bond acceptors (Lipinski definition) is 3. The van der Waals surface area contributed by atoms with E-state index in [-0.39, 0.29) is 6.04 Å². The molecule has 3 N–H and O–H groups in total. The van der Waals surface area contributed by atoms with Crippen LogP contribution in [0.4, 0.5) is 0 Å². The van der Waals surface area contributed by atoms with Crippen molar-refractivity contribution >= 4 is 11.8 Å². The molecule has 16 heavy (non-hydrogen) atoms. The van der Waals surface area contributed by atoms with Gasteiger partial charge in [0.05, 0.1) is 0 Å². The Morgan fingerprint density at radius 2 is 1.94 bits per heavy atom. The number of carbonyl (C=O) groups excluding carboxylic acids is 2. The molecule has 0 aromatic heterocycles. The van der Waals surface area contributed by atoms with Crippen LogP contribution in [0.15, 0.2) is 0 Å². The van der Waals surface area contributed by atoms with Crippen molar-refractivity contribution in [1.29, 1.82) is 0 Å². The lowest BCUT2D eigenvalue weighted by Gasteiger charge is -2.29. The minimum Gasteiger partial charge on any atom is -0.331 e. The summed E-state index contributed by atoms with van der Waals surface area (Å²) < 4.78 is 0. The zero-order valence-electron chi connectivity index (χ0n) is 10.0. The molecule has 0 aromatic rings. The topological polar surface area (TPSA) is 75.4 Å². The van der Waals surface area contributed by atoms with Gasteiger partial charge in [0.25, 0.3) is 0 Å². The summed E-state index contributed by atoms with van der Waals surface area (Å²) in [7, 11) is 0. The molecule has 0 aliphatic heterocycles. The summed E-state index contributed by atoms with van der Waals surface area (Å²) >= 11 is 0. The molecule has 5 heteroatoms. The number of carbonyl (C=O) groups is 2. The van der Waals surface area contributed by atoms with Crippen molar-refractivity contribution < 1.29 is 9.59 Å². The second-order valence-electron chi connectivity index (χ2n) is 4.76. The van der Waals surface area contributed by atoms with E-state index in [2.05, 4.69) is 0 Å². The molecule has 0 aromatic carbocycles. The first-order valence-electron chi connectivity index (χ1n) is 5.87. The van der Waals surface area contributed by atoms with E-state index in [1.807, 2.05) is 19.3 Å². The van der Waals surface area contributed by atoms with Crippen LogP contribution in [0.5, 0.6) is 0 Å². The molecule has 0 saturated heterocycles. The maximum atomic E-state index is 11.8. The summed E-state index contributed by atoms with van der Waals surface area (Å²) in [5.41, 5.74) is 1.91. The molecule has 1 fully saturated rings. The SMILES string of the molecule is CC(C)CN(C(=O)C(=O)NN)C1CCCC1. The summed E-state index contributed by atoms with van der Waals surface area (Å²) in [6.07, 6.45) is 4.26. The normalized spacial score (nSPS) is 16.5. The van der Waals surface area contributed by atoms with Gasteiger partial charge >= 0.3 is 11.8 Å². The summed E-state index contributed by atoms with van der Waals surface area (Å²) in [6.45, 7) is 4.70. The van der Waals surface area contributed by atoms with Gasteiger partial charge in [0, 0.05) is 12.6 Å². The van der Waals surface area contributed by atoms with Crippen LogP contribution < -0.4 is 11.3 Å². The van der Waals surface area contributed by atoms with E-state index >= 15 is 0 Å². The Bertz CT molecular complexity index is 260. The van der Waals surface area contributed by atoms with Crippen LogP contribution in [0, 0.1) is 5.92 Å². The number of amides is 2. The highest BCUT2D eigenvalue weighted by molar-refractivity contribution is 6.34. The van der Waals surface area contributed by atoms with Crippen LogP contribution in [-0.2, 0) is 9.59 Å². The van der Waals surface area contributed by atoms with Crippen LogP contribution in [-0.4, -0.2) is 29.3 Å². The summed E-state index contributed by atoms with van der Waals surface area (Å²) in [4.78, 5) is 24.8. The van der Waals surface area contributed by atoms with Gasteiger partial charge in [0.1, 0.15) is 0 Å². The van der Waals surface area contributed by atoms with Gasteiger partial charge in [0.2, 0.25) is 0 Å². The molecule has 0 radical (unpaired) electrons. The highest BCUT2D eigenvalue weighted by Gasteiger charge is 2.30. The van der Waals surface area contributed by atoms with E-state index in [1.165, 1.54) is 0 Å². The molecule has 1 aliphatic rings. The first-order valence-corrected chi connectivity index (χ1v) is 5.87. The molecule has 1 saturated carbocycles. The number of nitrogens with zero attached hydrogens (tertiary/aromatic N) is 1. The first kappa shape index (κ1) is 13.0. The molecule has 0 bridgehead atoms. The van der Waals surface area contributed by atoms with Crippen molar-refractivity contribution in [1.82, 2.24) is 10.3 Å². The molecular formula is C11H21N3O2. The number of hydrazine groups is 1. The average molecular weight is 227 g/mol. The number of nitrogens with one attached hydrogen (secondary N) is 1. The summed E-state index contributed by atoms with van der Waals surface area (Å²) in [6, 6.07) is 0.215. The van der Waals surface area contributed by atoms with Gasteiger partial charge in [-0.1, -0.05) is 26.7 Å². The molecule has 2 amide bonds. The molecular weight excluding hydrogens is 206 g/mol. The Hall–Kier alpha value is -1.10. The van der Waals surface area contributed by atoms with Crippen molar-refractivity contribution in [3.63, 3.8) is 0 Å². The van der Waals surface area contributed by atoms with Crippen molar-refractivity contribution in [2.75, 3.05) is 6.54 Å². The highest BCUT2D eigenvalue weighted by atomic mass is 16.2. The monoisotopic (exact) mass is 227 g/mol. The van der Waals surface area contributed by atoms with Gasteiger partial charge in [-0.2, -0.15) is 0 Å². The van der Waals surface area contributed by atoms with E-state index in [9.17, 15) is 9.59 Å². The van der Waals surface area contributed by atoms with E-state index in [0.29, 0.717) is 12.5 Å². The van der Waals surface area contributed by atoms with E-state index in [1.54, 1.807) is 4.90 Å². The second kappa shape index (κ2) is 5.84. The van der Waals surface area contributed by atoms with Crippen molar-refractivity contribution in [3.8, 4) is 0 Å².